The molecule has 1 aromatic heterocycles. The van der Waals surface area contributed by atoms with Crippen LogP contribution in [0.5, 0.6) is 0 Å². The van der Waals surface area contributed by atoms with Crippen molar-refractivity contribution < 1.29 is 9.59 Å². The number of nitrogens with one attached hydrogen (secondary N) is 2. The van der Waals surface area contributed by atoms with Crippen molar-refractivity contribution in [3.05, 3.63) is 75.2 Å². The standard InChI is InChI=1S/C20H19BrN4O3/c21-15-6-7-17-16(11-15)20(28)25(13-24-17)12-19(27)23-9-8-22-18(26)10-14-4-2-1-3-5-14/h1-7,11,13H,8-10,12H2,(H,22,26)(H,23,27). The van der Waals surface area contributed by atoms with Crippen LogP contribution in [0.3, 0.4) is 0 Å². The van der Waals surface area contributed by atoms with E-state index in [1.54, 1.807) is 18.2 Å². The Labute approximate surface area is 169 Å². The monoisotopic (exact) mass is 442 g/mol. The minimum absolute atomic E-state index is 0.110. The van der Waals surface area contributed by atoms with Gasteiger partial charge in [-0.3, -0.25) is 19.0 Å². The lowest BCUT2D eigenvalue weighted by atomic mass is 10.1. The molecule has 2 aromatic carbocycles. The molecule has 2 N–H and O–H groups in total. The van der Waals surface area contributed by atoms with E-state index in [-0.39, 0.29) is 30.5 Å². The molecular weight excluding hydrogens is 424 g/mol. The van der Waals surface area contributed by atoms with E-state index in [1.165, 1.54) is 10.9 Å². The molecule has 2 amide bonds. The van der Waals surface area contributed by atoms with Crippen LogP contribution in [0.25, 0.3) is 10.9 Å². The average Bonchev–Trinajstić information content (AvgIpc) is 2.69. The Bertz CT molecular complexity index is 1050. The highest BCUT2D eigenvalue weighted by Gasteiger charge is 2.09. The van der Waals surface area contributed by atoms with E-state index in [0.29, 0.717) is 23.9 Å². The molecule has 0 saturated heterocycles. The second-order valence-electron chi connectivity index (χ2n) is 6.20. The lowest BCUT2D eigenvalue weighted by molar-refractivity contribution is -0.123. The highest BCUT2D eigenvalue weighted by atomic mass is 79.9. The van der Waals surface area contributed by atoms with E-state index < -0.39 is 0 Å². The summed E-state index contributed by atoms with van der Waals surface area (Å²) in [5, 5.41) is 5.88. The number of carbonyl (C=O) groups is 2. The maximum absolute atomic E-state index is 12.5. The number of fused-ring (bicyclic) bond motifs is 1. The molecule has 0 aliphatic carbocycles. The average molecular weight is 443 g/mol. The first-order valence-electron chi connectivity index (χ1n) is 8.75. The maximum Gasteiger partial charge on any atom is 0.261 e. The largest absolute Gasteiger partial charge is 0.354 e. The van der Waals surface area contributed by atoms with E-state index in [4.69, 9.17) is 0 Å². The van der Waals surface area contributed by atoms with Crippen molar-refractivity contribution in [2.45, 2.75) is 13.0 Å². The summed E-state index contributed by atoms with van der Waals surface area (Å²) < 4.78 is 2.03. The fraction of sp³-hybridized carbons (Fsp3) is 0.200. The number of halogens is 1. The third kappa shape index (κ3) is 5.26. The lowest BCUT2D eigenvalue weighted by Gasteiger charge is -2.09. The summed E-state index contributed by atoms with van der Waals surface area (Å²) in [4.78, 5) is 40.6. The number of hydrogen-bond acceptors (Lipinski definition) is 4. The van der Waals surface area contributed by atoms with Crippen LogP contribution in [-0.4, -0.2) is 34.5 Å². The van der Waals surface area contributed by atoms with E-state index in [0.717, 1.165) is 10.0 Å². The summed E-state index contributed by atoms with van der Waals surface area (Å²) in [5.74, 6) is -0.434. The summed E-state index contributed by atoms with van der Waals surface area (Å²) in [6, 6.07) is 14.6. The summed E-state index contributed by atoms with van der Waals surface area (Å²) in [6.07, 6.45) is 1.66. The number of amides is 2. The number of rotatable bonds is 7. The van der Waals surface area contributed by atoms with Crippen molar-refractivity contribution in [1.29, 1.82) is 0 Å². The molecule has 28 heavy (non-hydrogen) atoms. The van der Waals surface area contributed by atoms with Crippen LogP contribution in [0.4, 0.5) is 0 Å². The van der Waals surface area contributed by atoms with Gasteiger partial charge in [0, 0.05) is 17.6 Å². The van der Waals surface area contributed by atoms with Gasteiger partial charge in [-0.15, -0.1) is 0 Å². The third-order valence-electron chi connectivity index (χ3n) is 4.08. The second-order valence-corrected chi connectivity index (χ2v) is 7.12. The van der Waals surface area contributed by atoms with E-state index in [2.05, 4.69) is 31.5 Å². The van der Waals surface area contributed by atoms with Gasteiger partial charge in [0.1, 0.15) is 6.54 Å². The fourth-order valence-corrected chi connectivity index (χ4v) is 3.06. The minimum Gasteiger partial charge on any atom is -0.354 e. The molecular formula is C20H19BrN4O3. The Morgan fingerprint density at radius 2 is 1.71 bits per heavy atom. The van der Waals surface area contributed by atoms with Crippen molar-refractivity contribution in [3.8, 4) is 0 Å². The van der Waals surface area contributed by atoms with Gasteiger partial charge in [-0.05, 0) is 23.8 Å². The zero-order valence-electron chi connectivity index (χ0n) is 15.0. The zero-order valence-corrected chi connectivity index (χ0v) is 16.6. The van der Waals surface area contributed by atoms with E-state index >= 15 is 0 Å². The molecule has 0 saturated carbocycles. The number of benzene rings is 2. The van der Waals surface area contributed by atoms with Crippen LogP contribution < -0.4 is 16.2 Å². The predicted molar refractivity (Wildman–Crippen MR) is 110 cm³/mol. The summed E-state index contributed by atoms with van der Waals surface area (Å²) in [6.45, 7) is 0.460. The minimum atomic E-state index is -0.324. The van der Waals surface area contributed by atoms with Crippen molar-refractivity contribution in [1.82, 2.24) is 20.2 Å². The van der Waals surface area contributed by atoms with Gasteiger partial charge in [0.15, 0.2) is 0 Å². The number of carbonyl (C=O) groups excluding carboxylic acids is 2. The van der Waals surface area contributed by atoms with E-state index in [9.17, 15) is 14.4 Å². The summed E-state index contributed by atoms with van der Waals surface area (Å²) >= 11 is 3.33. The lowest BCUT2D eigenvalue weighted by Crippen LogP contribution is -2.38. The van der Waals surface area contributed by atoms with Crippen LogP contribution in [0.2, 0.25) is 0 Å². The van der Waals surface area contributed by atoms with Crippen molar-refractivity contribution in [2.75, 3.05) is 13.1 Å². The van der Waals surface area contributed by atoms with Crippen LogP contribution in [0.15, 0.2) is 64.1 Å². The molecule has 0 aliphatic rings. The van der Waals surface area contributed by atoms with Crippen LogP contribution in [0.1, 0.15) is 5.56 Å². The van der Waals surface area contributed by atoms with E-state index in [1.807, 2.05) is 30.3 Å². The van der Waals surface area contributed by atoms with Gasteiger partial charge in [0.25, 0.3) is 5.56 Å². The van der Waals surface area contributed by atoms with Gasteiger partial charge in [0.2, 0.25) is 11.8 Å². The van der Waals surface area contributed by atoms with Crippen LogP contribution >= 0.6 is 15.9 Å². The summed E-state index contributed by atoms with van der Waals surface area (Å²) in [7, 11) is 0. The highest BCUT2D eigenvalue weighted by Crippen LogP contribution is 2.14. The third-order valence-corrected chi connectivity index (χ3v) is 4.57. The van der Waals surface area contributed by atoms with Crippen molar-refractivity contribution >= 4 is 38.6 Å². The number of hydrogen-bond donors (Lipinski definition) is 2. The van der Waals surface area contributed by atoms with Crippen molar-refractivity contribution in [2.24, 2.45) is 0 Å². The van der Waals surface area contributed by atoms with Gasteiger partial charge in [-0.1, -0.05) is 46.3 Å². The molecule has 1 heterocycles. The SMILES string of the molecule is O=C(Cc1ccccc1)NCCNC(=O)Cn1cnc2ccc(Br)cc2c1=O. The normalized spacial score (nSPS) is 10.6. The Morgan fingerprint density at radius 3 is 2.46 bits per heavy atom. The van der Waals surface area contributed by atoms with Crippen LogP contribution in [-0.2, 0) is 22.6 Å². The molecule has 0 radical (unpaired) electrons. The molecule has 0 atom stereocenters. The molecule has 7 nitrogen and oxygen atoms in total. The maximum atomic E-state index is 12.5. The first-order valence-corrected chi connectivity index (χ1v) is 9.54. The first-order chi connectivity index (χ1) is 13.5. The summed E-state index contributed by atoms with van der Waals surface area (Å²) in [5.41, 5.74) is 1.22. The zero-order chi connectivity index (χ0) is 19.9. The topological polar surface area (TPSA) is 93.1 Å². The quantitative estimate of drug-likeness (QED) is 0.543. The van der Waals surface area contributed by atoms with Gasteiger partial charge in [0.05, 0.1) is 23.7 Å². The molecule has 144 valence electrons. The molecule has 0 fully saturated rings. The smallest absolute Gasteiger partial charge is 0.261 e. The number of nitrogens with zero attached hydrogens (tertiary/aromatic N) is 2. The molecule has 8 heteroatoms. The molecule has 0 bridgehead atoms. The molecule has 3 aromatic rings. The molecule has 0 aliphatic heterocycles. The Hall–Kier alpha value is -3.00. The number of aromatic nitrogens is 2. The molecule has 3 rings (SSSR count). The predicted octanol–water partition coefficient (Wildman–Crippen LogP) is 1.63. The Morgan fingerprint density at radius 1 is 1.00 bits per heavy atom. The van der Waals surface area contributed by atoms with Gasteiger partial charge in [-0.25, -0.2) is 4.98 Å². The van der Waals surface area contributed by atoms with Gasteiger partial charge in [-0.2, -0.15) is 0 Å². The Balaban J connectivity index is 1.47. The second kappa shape index (κ2) is 9.27. The fourth-order valence-electron chi connectivity index (χ4n) is 2.70. The Kier molecular flexibility index (Phi) is 6.54. The molecule has 0 unspecified atom stereocenters. The highest BCUT2D eigenvalue weighted by molar-refractivity contribution is 9.10. The first kappa shape index (κ1) is 19.8. The van der Waals surface area contributed by atoms with Crippen molar-refractivity contribution in [3.63, 3.8) is 0 Å². The van der Waals surface area contributed by atoms with Gasteiger partial charge < -0.3 is 10.6 Å². The molecule has 0 spiro atoms. The van der Waals surface area contributed by atoms with Crippen LogP contribution in [0, 0.1) is 0 Å². The van der Waals surface area contributed by atoms with Gasteiger partial charge >= 0.3 is 0 Å².